The van der Waals surface area contributed by atoms with E-state index in [1.807, 2.05) is 24.3 Å². The number of carbonyl (C=O) groups is 1. The molecule has 0 atom stereocenters. The molecule has 17 heavy (non-hydrogen) atoms. The lowest BCUT2D eigenvalue weighted by Gasteiger charge is -2.01. The summed E-state index contributed by atoms with van der Waals surface area (Å²) in [6, 6.07) is 7.94. The number of rotatable bonds is 4. The Kier molecular flexibility index (Phi) is 3.91. The number of benzene rings is 1. The minimum atomic E-state index is -0.792. The Morgan fingerprint density at radius 3 is 2.71 bits per heavy atom. The summed E-state index contributed by atoms with van der Waals surface area (Å²) in [5, 5.41) is 8.68. The molecule has 1 aromatic heterocycles. The highest BCUT2D eigenvalue weighted by molar-refractivity contribution is 9.10. The van der Waals surface area contributed by atoms with Crippen molar-refractivity contribution >= 4 is 33.2 Å². The largest absolute Gasteiger partial charge is 0.481 e. The van der Waals surface area contributed by atoms with Gasteiger partial charge in [-0.15, -0.1) is 11.3 Å². The van der Waals surface area contributed by atoms with Gasteiger partial charge in [0, 0.05) is 10.9 Å². The number of aromatic nitrogens is 1. The van der Waals surface area contributed by atoms with E-state index in [-0.39, 0.29) is 6.42 Å². The molecule has 0 radical (unpaired) electrons. The minimum Gasteiger partial charge on any atom is -0.481 e. The predicted octanol–water partition coefficient (Wildman–Crippen LogP) is 3.59. The van der Waals surface area contributed by atoms with E-state index in [9.17, 15) is 4.79 Å². The van der Waals surface area contributed by atoms with Crippen LogP contribution in [0.3, 0.4) is 0 Å². The molecule has 2 rings (SSSR count). The van der Waals surface area contributed by atoms with E-state index in [1.54, 1.807) is 16.8 Å². The number of nitrogens with zero attached hydrogens (tertiary/aromatic N) is 1. The zero-order valence-corrected chi connectivity index (χ0v) is 11.3. The first-order valence-electron chi connectivity index (χ1n) is 5.07. The zero-order chi connectivity index (χ0) is 12.3. The maximum atomic E-state index is 10.6. The summed E-state index contributed by atoms with van der Waals surface area (Å²) in [6.45, 7) is 0. The number of carboxylic acids is 1. The molecule has 5 heteroatoms. The van der Waals surface area contributed by atoms with Crippen LogP contribution in [0.4, 0.5) is 0 Å². The summed E-state index contributed by atoms with van der Waals surface area (Å²) in [7, 11) is 0. The summed E-state index contributed by atoms with van der Waals surface area (Å²) in [6.07, 6.45) is 0.595. The van der Waals surface area contributed by atoms with Gasteiger partial charge in [0.15, 0.2) is 0 Å². The Labute approximate surface area is 111 Å². The molecule has 0 aliphatic carbocycles. The summed E-state index contributed by atoms with van der Waals surface area (Å²) in [5.41, 5.74) is 3.70. The van der Waals surface area contributed by atoms with Gasteiger partial charge in [-0.05, 0) is 17.7 Å². The van der Waals surface area contributed by atoms with Crippen molar-refractivity contribution in [3.05, 3.63) is 39.9 Å². The molecule has 1 N–H and O–H groups in total. The number of halogens is 1. The van der Waals surface area contributed by atoms with Crippen LogP contribution < -0.4 is 0 Å². The molecule has 0 unspecified atom stereocenters. The molecule has 0 saturated heterocycles. The molecular formula is C12H10BrNO2S. The zero-order valence-electron chi connectivity index (χ0n) is 8.89. The number of hydrogen-bond donors (Lipinski definition) is 1. The molecule has 88 valence electrons. The standard InChI is InChI=1S/C12H10BrNO2S/c13-9-3-1-8(2-4-9)12-10(14-7-17-12)5-6-11(15)16/h1-4,7H,5-6H2,(H,15,16). The van der Waals surface area contributed by atoms with E-state index < -0.39 is 5.97 Å². The van der Waals surface area contributed by atoms with Crippen molar-refractivity contribution in [3.63, 3.8) is 0 Å². The molecule has 0 aliphatic heterocycles. The Morgan fingerprint density at radius 2 is 2.06 bits per heavy atom. The minimum absolute atomic E-state index is 0.118. The molecule has 1 aromatic carbocycles. The third-order valence-corrected chi connectivity index (χ3v) is 3.77. The number of aryl methyl sites for hydroxylation is 1. The molecule has 3 nitrogen and oxygen atoms in total. The van der Waals surface area contributed by atoms with Gasteiger partial charge in [0.1, 0.15) is 0 Å². The fraction of sp³-hybridized carbons (Fsp3) is 0.167. The molecule has 0 saturated carbocycles. The van der Waals surface area contributed by atoms with E-state index in [2.05, 4.69) is 20.9 Å². The summed E-state index contributed by atoms with van der Waals surface area (Å²) < 4.78 is 1.03. The van der Waals surface area contributed by atoms with Crippen LogP contribution in [0.1, 0.15) is 12.1 Å². The van der Waals surface area contributed by atoms with E-state index in [0.717, 1.165) is 20.6 Å². The van der Waals surface area contributed by atoms with E-state index in [0.29, 0.717) is 6.42 Å². The maximum absolute atomic E-state index is 10.6. The summed E-state index contributed by atoms with van der Waals surface area (Å²) in [4.78, 5) is 15.8. The van der Waals surface area contributed by atoms with Crippen molar-refractivity contribution in [2.24, 2.45) is 0 Å². The van der Waals surface area contributed by atoms with Crippen molar-refractivity contribution < 1.29 is 9.90 Å². The molecule has 1 heterocycles. The van der Waals surface area contributed by atoms with Crippen molar-refractivity contribution in [3.8, 4) is 10.4 Å². The fourth-order valence-electron chi connectivity index (χ4n) is 1.51. The third-order valence-electron chi connectivity index (χ3n) is 2.32. The summed E-state index contributed by atoms with van der Waals surface area (Å²) >= 11 is 4.93. The summed E-state index contributed by atoms with van der Waals surface area (Å²) in [5.74, 6) is -0.792. The van der Waals surface area contributed by atoms with Crippen LogP contribution >= 0.6 is 27.3 Å². The van der Waals surface area contributed by atoms with Crippen LogP contribution in [0.15, 0.2) is 34.2 Å². The quantitative estimate of drug-likeness (QED) is 0.938. The van der Waals surface area contributed by atoms with Crippen LogP contribution in [-0.4, -0.2) is 16.1 Å². The van der Waals surface area contributed by atoms with E-state index >= 15 is 0 Å². The van der Waals surface area contributed by atoms with Crippen molar-refractivity contribution in [1.29, 1.82) is 0 Å². The van der Waals surface area contributed by atoms with Gasteiger partial charge in [-0.25, -0.2) is 4.98 Å². The third kappa shape index (κ3) is 3.14. The smallest absolute Gasteiger partial charge is 0.303 e. The number of aliphatic carboxylic acids is 1. The second-order valence-corrected chi connectivity index (χ2v) is 5.30. The highest BCUT2D eigenvalue weighted by atomic mass is 79.9. The maximum Gasteiger partial charge on any atom is 0.303 e. The topological polar surface area (TPSA) is 50.2 Å². The van der Waals surface area contributed by atoms with E-state index in [1.165, 1.54) is 0 Å². The normalized spacial score (nSPS) is 10.4. The monoisotopic (exact) mass is 311 g/mol. The lowest BCUT2D eigenvalue weighted by Crippen LogP contribution is -1.98. The highest BCUT2D eigenvalue weighted by Gasteiger charge is 2.10. The van der Waals surface area contributed by atoms with Crippen molar-refractivity contribution in [2.75, 3.05) is 0 Å². The molecule has 0 amide bonds. The Morgan fingerprint density at radius 1 is 1.35 bits per heavy atom. The van der Waals surface area contributed by atoms with Gasteiger partial charge in [0.05, 0.1) is 22.5 Å². The molecule has 0 fully saturated rings. The average molecular weight is 312 g/mol. The average Bonchev–Trinajstić information content (AvgIpc) is 2.75. The first kappa shape index (κ1) is 12.3. The molecular weight excluding hydrogens is 302 g/mol. The lowest BCUT2D eigenvalue weighted by atomic mass is 10.1. The van der Waals surface area contributed by atoms with Gasteiger partial charge in [-0.2, -0.15) is 0 Å². The molecule has 0 bridgehead atoms. The van der Waals surface area contributed by atoms with Gasteiger partial charge >= 0.3 is 5.97 Å². The number of hydrogen-bond acceptors (Lipinski definition) is 3. The van der Waals surface area contributed by atoms with Crippen LogP contribution in [0.5, 0.6) is 0 Å². The van der Waals surface area contributed by atoms with Gasteiger partial charge in [0.25, 0.3) is 0 Å². The second kappa shape index (κ2) is 5.42. The van der Waals surface area contributed by atoms with Crippen LogP contribution in [0.2, 0.25) is 0 Å². The molecule has 0 spiro atoms. The fourth-order valence-corrected chi connectivity index (χ4v) is 2.62. The van der Waals surface area contributed by atoms with Crippen molar-refractivity contribution in [2.45, 2.75) is 12.8 Å². The first-order chi connectivity index (χ1) is 8.16. The van der Waals surface area contributed by atoms with Gasteiger partial charge in [-0.1, -0.05) is 28.1 Å². The Balaban J connectivity index is 2.24. The van der Waals surface area contributed by atoms with Gasteiger partial charge in [-0.3, -0.25) is 4.79 Å². The predicted molar refractivity (Wildman–Crippen MR) is 71.2 cm³/mol. The van der Waals surface area contributed by atoms with Crippen molar-refractivity contribution in [1.82, 2.24) is 4.98 Å². The SMILES string of the molecule is O=C(O)CCc1ncsc1-c1ccc(Br)cc1. The van der Waals surface area contributed by atoms with E-state index in [4.69, 9.17) is 5.11 Å². The second-order valence-electron chi connectivity index (χ2n) is 3.53. The van der Waals surface area contributed by atoms with Crippen LogP contribution in [0, 0.1) is 0 Å². The highest BCUT2D eigenvalue weighted by Crippen LogP contribution is 2.29. The molecule has 2 aromatic rings. The Bertz CT molecular complexity index is 522. The molecule has 0 aliphatic rings. The number of thiazole rings is 1. The van der Waals surface area contributed by atoms with Gasteiger partial charge in [0.2, 0.25) is 0 Å². The first-order valence-corrected chi connectivity index (χ1v) is 6.74. The Hall–Kier alpha value is -1.20. The van der Waals surface area contributed by atoms with Crippen LogP contribution in [-0.2, 0) is 11.2 Å². The lowest BCUT2D eigenvalue weighted by molar-refractivity contribution is -0.136. The number of carboxylic acid groups (broad SMARTS) is 1. The van der Waals surface area contributed by atoms with Gasteiger partial charge < -0.3 is 5.11 Å². The van der Waals surface area contributed by atoms with Crippen LogP contribution in [0.25, 0.3) is 10.4 Å².